The Morgan fingerprint density at radius 3 is 2.92 bits per heavy atom. The van der Waals surface area contributed by atoms with Crippen molar-refractivity contribution in [1.82, 2.24) is 14.8 Å². The van der Waals surface area contributed by atoms with Crippen LogP contribution in [0.25, 0.3) is 0 Å². The van der Waals surface area contributed by atoms with E-state index in [9.17, 15) is 0 Å². The molecule has 4 nitrogen and oxygen atoms in total. The van der Waals surface area contributed by atoms with Crippen molar-refractivity contribution in [3.63, 3.8) is 0 Å². The molecule has 13 heavy (non-hydrogen) atoms. The Morgan fingerprint density at radius 2 is 2.46 bits per heavy atom. The number of hydrogen-bond donors (Lipinski definition) is 1. The van der Waals surface area contributed by atoms with Crippen LogP contribution in [0, 0.1) is 0 Å². The fourth-order valence-electron chi connectivity index (χ4n) is 2.33. The van der Waals surface area contributed by atoms with Gasteiger partial charge in [-0.25, -0.2) is 4.98 Å². The summed E-state index contributed by atoms with van der Waals surface area (Å²) in [5.74, 6) is 1.07. The first-order chi connectivity index (χ1) is 6.12. The van der Waals surface area contributed by atoms with Crippen LogP contribution in [0.2, 0.25) is 0 Å². The van der Waals surface area contributed by atoms with E-state index in [0.29, 0.717) is 6.04 Å². The molecule has 4 heteroatoms. The minimum absolute atomic E-state index is 0.144. The van der Waals surface area contributed by atoms with E-state index in [4.69, 9.17) is 5.73 Å². The Kier molecular flexibility index (Phi) is 1.87. The average molecular weight is 180 g/mol. The predicted molar refractivity (Wildman–Crippen MR) is 50.2 cm³/mol. The minimum Gasteiger partial charge on any atom is -0.328 e. The van der Waals surface area contributed by atoms with E-state index in [1.54, 1.807) is 6.33 Å². The first-order valence-electron chi connectivity index (χ1n) is 4.72. The first kappa shape index (κ1) is 8.69. The normalized spacial score (nSPS) is 33.9. The summed E-state index contributed by atoms with van der Waals surface area (Å²) in [7, 11) is 1.94. The molecule has 72 valence electrons. The molecule has 1 saturated carbocycles. The van der Waals surface area contributed by atoms with E-state index >= 15 is 0 Å². The van der Waals surface area contributed by atoms with Crippen LogP contribution in [-0.4, -0.2) is 20.8 Å². The highest BCUT2D eigenvalue weighted by Gasteiger charge is 2.38. The van der Waals surface area contributed by atoms with Gasteiger partial charge in [-0.1, -0.05) is 6.92 Å². The zero-order valence-corrected chi connectivity index (χ0v) is 8.20. The molecule has 0 aromatic carbocycles. The molecule has 1 aromatic rings. The molecule has 2 unspecified atom stereocenters. The molecule has 0 saturated heterocycles. The van der Waals surface area contributed by atoms with Gasteiger partial charge in [0.2, 0.25) is 0 Å². The second-order valence-corrected chi connectivity index (χ2v) is 4.27. The molecule has 1 aromatic heterocycles. The van der Waals surface area contributed by atoms with Crippen molar-refractivity contribution in [2.45, 2.75) is 37.6 Å². The molecule has 2 rings (SSSR count). The third-order valence-corrected chi connectivity index (χ3v) is 3.03. The smallest absolute Gasteiger partial charge is 0.138 e. The summed E-state index contributed by atoms with van der Waals surface area (Å²) in [6.07, 6.45) is 4.87. The van der Waals surface area contributed by atoms with Crippen molar-refractivity contribution in [2.24, 2.45) is 12.8 Å². The molecule has 1 aliphatic carbocycles. The summed E-state index contributed by atoms with van der Waals surface area (Å²) in [6.45, 7) is 2.23. The van der Waals surface area contributed by atoms with Crippen LogP contribution in [0.3, 0.4) is 0 Å². The summed E-state index contributed by atoms with van der Waals surface area (Å²) in [4.78, 5) is 4.30. The number of rotatable bonds is 1. The molecule has 2 N–H and O–H groups in total. The number of nitrogens with two attached hydrogens (primary N) is 1. The van der Waals surface area contributed by atoms with Crippen molar-refractivity contribution in [3.8, 4) is 0 Å². The fourth-order valence-corrected chi connectivity index (χ4v) is 2.33. The second-order valence-electron chi connectivity index (χ2n) is 4.27. The van der Waals surface area contributed by atoms with Crippen LogP contribution in [-0.2, 0) is 12.5 Å². The lowest BCUT2D eigenvalue weighted by molar-refractivity contribution is 0.428. The number of hydrogen-bond acceptors (Lipinski definition) is 3. The van der Waals surface area contributed by atoms with Gasteiger partial charge in [-0.15, -0.1) is 0 Å². The third-order valence-electron chi connectivity index (χ3n) is 3.03. The maximum atomic E-state index is 5.91. The molecule has 0 aliphatic heterocycles. The van der Waals surface area contributed by atoms with Gasteiger partial charge in [-0.3, -0.25) is 4.68 Å². The van der Waals surface area contributed by atoms with Crippen LogP contribution >= 0.6 is 0 Å². The maximum absolute atomic E-state index is 5.91. The topological polar surface area (TPSA) is 56.7 Å². The number of nitrogens with zero attached hydrogens (tertiary/aromatic N) is 3. The molecule has 0 spiro atoms. The molecule has 2 atom stereocenters. The third kappa shape index (κ3) is 1.35. The summed E-state index contributed by atoms with van der Waals surface area (Å²) in [5.41, 5.74) is 6.05. The molecular formula is C9H16N4. The summed E-state index contributed by atoms with van der Waals surface area (Å²) in [5, 5.41) is 4.10. The van der Waals surface area contributed by atoms with Gasteiger partial charge in [0.15, 0.2) is 0 Å². The Labute approximate surface area is 78.1 Å². The van der Waals surface area contributed by atoms with Crippen molar-refractivity contribution in [3.05, 3.63) is 12.2 Å². The Balaban J connectivity index is 2.30. The standard InChI is InChI=1S/C9H16N4/c1-9(4-3-7(10)5-9)8-11-6-12-13(8)2/h6-7H,3-5,10H2,1-2H3. The largest absolute Gasteiger partial charge is 0.328 e. The number of aromatic nitrogens is 3. The summed E-state index contributed by atoms with van der Waals surface area (Å²) in [6, 6.07) is 0.335. The van der Waals surface area contributed by atoms with Gasteiger partial charge in [0.25, 0.3) is 0 Å². The van der Waals surface area contributed by atoms with Crippen LogP contribution in [0.5, 0.6) is 0 Å². The highest BCUT2D eigenvalue weighted by atomic mass is 15.3. The lowest BCUT2D eigenvalue weighted by Crippen LogP contribution is -2.26. The highest BCUT2D eigenvalue weighted by Crippen LogP contribution is 2.38. The van der Waals surface area contributed by atoms with Gasteiger partial charge in [-0.05, 0) is 19.3 Å². The Bertz CT molecular complexity index is 306. The lowest BCUT2D eigenvalue weighted by atomic mass is 9.87. The van der Waals surface area contributed by atoms with Gasteiger partial charge >= 0.3 is 0 Å². The van der Waals surface area contributed by atoms with Crippen LogP contribution in [0.4, 0.5) is 0 Å². The molecular weight excluding hydrogens is 164 g/mol. The molecule has 0 radical (unpaired) electrons. The fraction of sp³-hybridized carbons (Fsp3) is 0.778. The van der Waals surface area contributed by atoms with Crippen molar-refractivity contribution >= 4 is 0 Å². The van der Waals surface area contributed by atoms with Gasteiger partial charge in [0.1, 0.15) is 12.2 Å². The van der Waals surface area contributed by atoms with Crippen LogP contribution in [0.1, 0.15) is 32.0 Å². The van der Waals surface area contributed by atoms with Gasteiger partial charge in [0.05, 0.1) is 0 Å². The second kappa shape index (κ2) is 2.80. The molecule has 1 heterocycles. The Hall–Kier alpha value is -0.900. The van der Waals surface area contributed by atoms with Crippen LogP contribution in [0.15, 0.2) is 6.33 Å². The SMILES string of the molecule is Cn1ncnc1C1(C)CCC(N)C1. The summed E-state index contributed by atoms with van der Waals surface area (Å²) >= 11 is 0. The molecule has 1 aliphatic rings. The Morgan fingerprint density at radius 1 is 1.69 bits per heavy atom. The van der Waals surface area contributed by atoms with E-state index in [2.05, 4.69) is 17.0 Å². The lowest BCUT2D eigenvalue weighted by Gasteiger charge is -2.22. The molecule has 0 bridgehead atoms. The van der Waals surface area contributed by atoms with Gasteiger partial charge in [-0.2, -0.15) is 5.10 Å². The van der Waals surface area contributed by atoms with Gasteiger partial charge in [0, 0.05) is 18.5 Å². The van der Waals surface area contributed by atoms with E-state index in [-0.39, 0.29) is 5.41 Å². The molecule has 1 fully saturated rings. The van der Waals surface area contributed by atoms with E-state index in [1.165, 1.54) is 0 Å². The van der Waals surface area contributed by atoms with Crippen LogP contribution < -0.4 is 5.73 Å². The monoisotopic (exact) mass is 180 g/mol. The average Bonchev–Trinajstić information content (AvgIpc) is 2.59. The summed E-state index contributed by atoms with van der Waals surface area (Å²) < 4.78 is 1.86. The van der Waals surface area contributed by atoms with E-state index in [1.807, 2.05) is 11.7 Å². The first-order valence-corrected chi connectivity index (χ1v) is 4.72. The van der Waals surface area contributed by atoms with E-state index < -0.39 is 0 Å². The minimum atomic E-state index is 0.144. The quantitative estimate of drug-likeness (QED) is 0.688. The van der Waals surface area contributed by atoms with Crippen molar-refractivity contribution in [1.29, 1.82) is 0 Å². The van der Waals surface area contributed by atoms with Crippen molar-refractivity contribution < 1.29 is 0 Å². The molecule has 0 amide bonds. The highest BCUT2D eigenvalue weighted by molar-refractivity contribution is 5.10. The van der Waals surface area contributed by atoms with Gasteiger partial charge < -0.3 is 5.73 Å². The number of aryl methyl sites for hydroxylation is 1. The predicted octanol–water partition coefficient (Wildman–Crippen LogP) is 0.584. The van der Waals surface area contributed by atoms with E-state index in [0.717, 1.165) is 25.1 Å². The maximum Gasteiger partial charge on any atom is 0.138 e. The zero-order valence-electron chi connectivity index (χ0n) is 8.20. The zero-order chi connectivity index (χ0) is 9.47. The van der Waals surface area contributed by atoms with Crippen molar-refractivity contribution in [2.75, 3.05) is 0 Å².